The van der Waals surface area contributed by atoms with Crippen molar-refractivity contribution in [2.75, 3.05) is 43.3 Å². The van der Waals surface area contributed by atoms with Crippen molar-refractivity contribution < 1.29 is 14.0 Å². The Morgan fingerprint density at radius 3 is 2.77 bits per heavy atom. The van der Waals surface area contributed by atoms with Crippen molar-refractivity contribution in [1.29, 1.82) is 5.26 Å². The van der Waals surface area contributed by atoms with Gasteiger partial charge in [-0.15, -0.1) is 11.8 Å². The van der Waals surface area contributed by atoms with Crippen molar-refractivity contribution in [3.8, 4) is 6.07 Å². The van der Waals surface area contributed by atoms with E-state index < -0.39 is 6.04 Å². The third kappa shape index (κ3) is 5.25. The molecule has 2 aliphatic rings. The number of anilines is 1. The normalized spacial score (nSPS) is 18.2. The molecule has 0 spiro atoms. The van der Waals surface area contributed by atoms with Crippen molar-refractivity contribution in [1.82, 2.24) is 15.2 Å². The Morgan fingerprint density at radius 2 is 2.03 bits per heavy atom. The molecule has 0 aliphatic carbocycles. The van der Waals surface area contributed by atoms with E-state index in [1.54, 1.807) is 24.0 Å². The van der Waals surface area contributed by atoms with E-state index >= 15 is 0 Å². The quantitative estimate of drug-likeness (QED) is 0.782. The molecular formula is C22H26FN5O2S. The van der Waals surface area contributed by atoms with Crippen LogP contribution in [0.15, 0.2) is 30.5 Å². The van der Waals surface area contributed by atoms with E-state index in [9.17, 15) is 14.0 Å². The molecule has 4 rings (SSSR count). The number of amides is 2. The van der Waals surface area contributed by atoms with Gasteiger partial charge in [-0.1, -0.05) is 0 Å². The van der Waals surface area contributed by atoms with Crippen molar-refractivity contribution in [3.63, 3.8) is 0 Å². The summed E-state index contributed by atoms with van der Waals surface area (Å²) in [5.41, 5.74) is 2.36. The zero-order chi connectivity index (χ0) is 22.2. The second-order valence-corrected chi connectivity index (χ2v) is 8.30. The van der Waals surface area contributed by atoms with Gasteiger partial charge in [0.25, 0.3) is 5.91 Å². The summed E-state index contributed by atoms with van der Waals surface area (Å²) in [6.07, 6.45) is 5.23. The molecule has 164 valence electrons. The fourth-order valence-electron chi connectivity index (χ4n) is 3.83. The van der Waals surface area contributed by atoms with Gasteiger partial charge in [-0.25, -0.2) is 0 Å². The molecule has 2 fully saturated rings. The maximum absolute atomic E-state index is 12.8. The summed E-state index contributed by atoms with van der Waals surface area (Å²) in [5, 5.41) is 12.6. The van der Waals surface area contributed by atoms with E-state index in [1.807, 2.05) is 12.1 Å². The highest BCUT2D eigenvalue weighted by atomic mass is 32.2. The number of carbonyl (C=O) groups excluding carboxylic acids is 2. The Kier molecular flexibility index (Phi) is 8.06. The minimum Gasteiger partial charge on any atom is -0.372 e. The van der Waals surface area contributed by atoms with Gasteiger partial charge < -0.3 is 15.1 Å². The van der Waals surface area contributed by atoms with Gasteiger partial charge in [0.15, 0.2) is 0 Å². The molecule has 1 atom stereocenters. The number of pyridine rings is 1. The summed E-state index contributed by atoms with van der Waals surface area (Å²) in [5.74, 6) is 0.568. The average Bonchev–Trinajstić information content (AvgIpc) is 3.32. The van der Waals surface area contributed by atoms with Gasteiger partial charge >= 0.3 is 0 Å². The zero-order valence-corrected chi connectivity index (χ0v) is 18.3. The number of alkyl halides is 1. The molecule has 2 aromatic rings. The van der Waals surface area contributed by atoms with Gasteiger partial charge in [0, 0.05) is 36.1 Å². The van der Waals surface area contributed by atoms with E-state index in [1.165, 1.54) is 24.2 Å². The molecule has 2 amide bonds. The lowest BCUT2D eigenvalue weighted by molar-refractivity contribution is -0.129. The summed E-state index contributed by atoms with van der Waals surface area (Å²) in [6, 6.07) is 9.42. The van der Waals surface area contributed by atoms with E-state index in [0.29, 0.717) is 24.4 Å². The standard InChI is InChI=1S/C21H23N5O2S.CH3F/c22-11-16-13-29-14-26(16)20(27)12-24-21(28)17-6-7-23-19-5-4-15(10-18(17)19)25-8-2-1-3-9-25;1-2/h4-7,10,16H,1-3,8-9,12-14H2,(H,24,28);1H3. The highest BCUT2D eigenvalue weighted by molar-refractivity contribution is 7.99. The summed E-state index contributed by atoms with van der Waals surface area (Å²) < 4.78 is 9.50. The SMILES string of the molecule is CF.N#CC1CSCN1C(=O)CNC(=O)c1ccnc2ccc(N3CCCCC3)cc12. The lowest BCUT2D eigenvalue weighted by Crippen LogP contribution is -2.42. The monoisotopic (exact) mass is 443 g/mol. The van der Waals surface area contributed by atoms with E-state index in [4.69, 9.17) is 5.26 Å². The highest BCUT2D eigenvalue weighted by Crippen LogP contribution is 2.26. The summed E-state index contributed by atoms with van der Waals surface area (Å²) in [7, 11) is 0.500. The molecular weight excluding hydrogens is 417 g/mol. The van der Waals surface area contributed by atoms with Crippen LogP contribution in [0.25, 0.3) is 10.9 Å². The number of thioether (sulfide) groups is 1. The number of rotatable bonds is 4. The van der Waals surface area contributed by atoms with Gasteiger partial charge in [0.2, 0.25) is 5.91 Å². The predicted molar refractivity (Wildman–Crippen MR) is 121 cm³/mol. The Labute approximate surface area is 185 Å². The topological polar surface area (TPSA) is 89.3 Å². The maximum atomic E-state index is 12.8. The molecule has 3 heterocycles. The van der Waals surface area contributed by atoms with E-state index in [2.05, 4.69) is 27.3 Å². The van der Waals surface area contributed by atoms with Crippen LogP contribution in [0.2, 0.25) is 0 Å². The lowest BCUT2D eigenvalue weighted by Gasteiger charge is -2.29. The van der Waals surface area contributed by atoms with Gasteiger partial charge in [-0.3, -0.25) is 19.0 Å². The smallest absolute Gasteiger partial charge is 0.252 e. The number of aromatic nitrogens is 1. The van der Waals surface area contributed by atoms with Crippen LogP contribution in [0.1, 0.15) is 29.6 Å². The van der Waals surface area contributed by atoms with Crippen LogP contribution in [0, 0.1) is 11.3 Å². The number of hydrogen-bond acceptors (Lipinski definition) is 6. The van der Waals surface area contributed by atoms with Crippen LogP contribution in [-0.2, 0) is 4.79 Å². The molecule has 0 bridgehead atoms. The molecule has 7 nitrogen and oxygen atoms in total. The van der Waals surface area contributed by atoms with Crippen molar-refractivity contribution in [2.24, 2.45) is 0 Å². The molecule has 0 saturated carbocycles. The first kappa shape index (κ1) is 22.8. The molecule has 2 aliphatic heterocycles. The molecule has 2 saturated heterocycles. The molecule has 1 N–H and O–H groups in total. The summed E-state index contributed by atoms with van der Waals surface area (Å²) in [6.45, 7) is 1.93. The number of nitrogens with zero attached hydrogens (tertiary/aromatic N) is 4. The lowest BCUT2D eigenvalue weighted by atomic mass is 10.1. The third-order valence-corrected chi connectivity index (χ3v) is 6.46. The third-order valence-electron chi connectivity index (χ3n) is 5.44. The van der Waals surface area contributed by atoms with E-state index in [0.717, 1.165) is 29.7 Å². The van der Waals surface area contributed by atoms with Crippen molar-refractivity contribution in [3.05, 3.63) is 36.0 Å². The van der Waals surface area contributed by atoms with Gasteiger partial charge in [-0.05, 0) is 43.5 Å². The molecule has 0 radical (unpaired) electrons. The number of piperidine rings is 1. The molecule has 9 heteroatoms. The Bertz CT molecular complexity index is 974. The number of benzene rings is 1. The van der Waals surface area contributed by atoms with Crippen LogP contribution in [0.3, 0.4) is 0 Å². The molecule has 31 heavy (non-hydrogen) atoms. The Morgan fingerprint density at radius 1 is 1.26 bits per heavy atom. The fourth-order valence-corrected chi connectivity index (χ4v) is 4.93. The molecule has 1 unspecified atom stereocenters. The van der Waals surface area contributed by atoms with E-state index in [-0.39, 0.29) is 18.4 Å². The first-order valence-electron chi connectivity index (χ1n) is 10.2. The second-order valence-electron chi connectivity index (χ2n) is 7.30. The predicted octanol–water partition coefficient (Wildman–Crippen LogP) is 2.97. The number of halogens is 1. The first-order valence-corrected chi connectivity index (χ1v) is 11.4. The van der Waals surface area contributed by atoms with Gasteiger partial charge in [0.1, 0.15) is 6.04 Å². The largest absolute Gasteiger partial charge is 0.372 e. The zero-order valence-electron chi connectivity index (χ0n) is 17.5. The number of hydrogen-bond donors (Lipinski definition) is 1. The number of carbonyl (C=O) groups is 2. The number of nitrogens with one attached hydrogen (secondary N) is 1. The van der Waals surface area contributed by atoms with Gasteiger partial charge in [0.05, 0.1) is 36.7 Å². The minimum atomic E-state index is -0.418. The first-order chi connectivity index (χ1) is 15.2. The Balaban J connectivity index is 0.00000132. The Hall–Kier alpha value is -2.86. The van der Waals surface area contributed by atoms with Gasteiger partial charge in [-0.2, -0.15) is 5.26 Å². The van der Waals surface area contributed by atoms with Crippen LogP contribution in [0.4, 0.5) is 10.1 Å². The fraction of sp³-hybridized carbons (Fsp3) is 0.455. The van der Waals surface area contributed by atoms with Crippen molar-refractivity contribution in [2.45, 2.75) is 25.3 Å². The molecule has 1 aromatic carbocycles. The number of nitriles is 1. The maximum Gasteiger partial charge on any atom is 0.252 e. The number of fused-ring (bicyclic) bond motifs is 1. The van der Waals surface area contributed by atoms with Crippen LogP contribution in [-0.4, -0.2) is 66.2 Å². The van der Waals surface area contributed by atoms with Crippen LogP contribution < -0.4 is 10.2 Å². The van der Waals surface area contributed by atoms with Crippen LogP contribution >= 0.6 is 11.8 Å². The summed E-state index contributed by atoms with van der Waals surface area (Å²) in [4.78, 5) is 33.5. The molecule has 1 aromatic heterocycles. The second kappa shape index (κ2) is 11.0. The summed E-state index contributed by atoms with van der Waals surface area (Å²) >= 11 is 1.55. The van der Waals surface area contributed by atoms with Crippen molar-refractivity contribution >= 4 is 40.2 Å². The highest BCUT2D eigenvalue weighted by Gasteiger charge is 2.29. The minimum absolute atomic E-state index is 0.118. The average molecular weight is 444 g/mol. The van der Waals surface area contributed by atoms with Crippen LogP contribution in [0.5, 0.6) is 0 Å².